The summed E-state index contributed by atoms with van der Waals surface area (Å²) in [5, 5.41) is 12.2. The van der Waals surface area contributed by atoms with Crippen molar-refractivity contribution in [2.24, 2.45) is 5.41 Å². The van der Waals surface area contributed by atoms with E-state index in [2.05, 4.69) is 58.4 Å². The number of phenolic OH excluding ortho intramolecular Hbond substituents is 1. The van der Waals surface area contributed by atoms with Crippen LogP contribution in [0.4, 0.5) is 5.69 Å². The third-order valence-corrected chi connectivity index (χ3v) is 11.2. The number of fused-ring (bicyclic) bond motifs is 1. The van der Waals surface area contributed by atoms with E-state index in [0.29, 0.717) is 17.7 Å². The molecule has 1 unspecified atom stereocenters. The molecule has 3 fully saturated rings. The zero-order chi connectivity index (χ0) is 37.4. The van der Waals surface area contributed by atoms with Crippen LogP contribution in [0.2, 0.25) is 0 Å². The molecule has 4 aromatic carbocycles. The normalized spacial score (nSPS) is 19.6. The van der Waals surface area contributed by atoms with E-state index in [0.717, 1.165) is 85.0 Å². The second-order valence-corrected chi connectivity index (χ2v) is 14.9. The number of amides is 4. The van der Waals surface area contributed by atoms with Gasteiger partial charge in [0.1, 0.15) is 17.5 Å². The lowest BCUT2D eigenvalue weighted by atomic mass is 9.72. The van der Waals surface area contributed by atoms with Gasteiger partial charge in [0.2, 0.25) is 11.8 Å². The van der Waals surface area contributed by atoms with Gasteiger partial charge in [0.15, 0.2) is 0 Å². The lowest BCUT2D eigenvalue weighted by Crippen LogP contribution is -2.72. The number of hydrogen-bond donors (Lipinski definition) is 2. The number of benzene rings is 4. The molecule has 0 aromatic heterocycles. The summed E-state index contributed by atoms with van der Waals surface area (Å²) < 4.78 is 6.14. The molecule has 54 heavy (non-hydrogen) atoms. The average molecular weight is 725 g/mol. The van der Waals surface area contributed by atoms with Crippen molar-refractivity contribution in [3.63, 3.8) is 0 Å². The molecule has 0 bridgehead atoms. The first-order chi connectivity index (χ1) is 26.2. The second-order valence-electron chi connectivity index (χ2n) is 14.9. The predicted molar refractivity (Wildman–Crippen MR) is 206 cm³/mol. The van der Waals surface area contributed by atoms with Gasteiger partial charge in [0.25, 0.3) is 11.8 Å². The van der Waals surface area contributed by atoms with Crippen LogP contribution in [0.15, 0.2) is 97.1 Å². The molecule has 1 atom stereocenters. The quantitative estimate of drug-likeness (QED) is 0.102. The van der Waals surface area contributed by atoms with Crippen molar-refractivity contribution in [1.82, 2.24) is 15.1 Å². The number of carbonyl (C=O) groups is 4. The van der Waals surface area contributed by atoms with E-state index in [1.165, 1.54) is 11.1 Å². The summed E-state index contributed by atoms with van der Waals surface area (Å²) in [4.78, 5) is 56.0. The molecule has 4 aromatic rings. The standard InChI is InChI=1S/C44H44N4O6/c1-2-35(29-8-4-3-5-9-29)40(30-10-15-33(49)16-11-30)31-12-17-34(18-13-31)54-23-7-6-22-46-25-44(26-46)27-47(28-44)32-14-19-36-37(24-32)43(53)48(42(36)52)38-20-21-39(50)45-41(38)51/h3-5,8-19,24,38,49H,2,6-7,20-23,25-28H2,1H3,(H,45,50,51). The lowest BCUT2D eigenvalue weighted by Gasteiger charge is -2.61. The van der Waals surface area contributed by atoms with Crippen LogP contribution in [0.5, 0.6) is 11.5 Å². The number of likely N-dealkylation sites (tertiary alicyclic amines) is 1. The number of rotatable bonds is 12. The number of aromatic hydroxyl groups is 1. The maximum atomic E-state index is 13.3. The molecule has 0 aliphatic carbocycles. The molecule has 4 amide bonds. The minimum atomic E-state index is -0.959. The van der Waals surface area contributed by atoms with Crippen LogP contribution >= 0.6 is 0 Å². The molecule has 4 heterocycles. The Morgan fingerprint density at radius 3 is 2.17 bits per heavy atom. The van der Waals surface area contributed by atoms with E-state index in [9.17, 15) is 24.3 Å². The Bertz CT molecular complexity index is 2110. The Morgan fingerprint density at radius 2 is 1.48 bits per heavy atom. The highest BCUT2D eigenvalue weighted by molar-refractivity contribution is 6.23. The smallest absolute Gasteiger partial charge is 0.262 e. The molecule has 8 rings (SSSR count). The van der Waals surface area contributed by atoms with Gasteiger partial charge >= 0.3 is 0 Å². The zero-order valence-electron chi connectivity index (χ0n) is 30.4. The Kier molecular flexibility index (Phi) is 9.54. The Balaban J connectivity index is 0.796. The van der Waals surface area contributed by atoms with Crippen molar-refractivity contribution >= 4 is 40.5 Å². The highest BCUT2D eigenvalue weighted by Crippen LogP contribution is 2.43. The minimum absolute atomic E-state index is 0.101. The molecule has 4 aliphatic rings. The fourth-order valence-electron chi connectivity index (χ4n) is 8.52. The fraction of sp³-hybridized carbons (Fsp3) is 0.318. The van der Waals surface area contributed by atoms with E-state index in [-0.39, 0.29) is 29.9 Å². The van der Waals surface area contributed by atoms with Crippen molar-refractivity contribution in [1.29, 1.82) is 0 Å². The number of allylic oxidation sites excluding steroid dienone is 1. The van der Waals surface area contributed by atoms with Crippen molar-refractivity contribution in [2.75, 3.05) is 44.2 Å². The van der Waals surface area contributed by atoms with Crippen LogP contribution in [-0.4, -0.2) is 83.9 Å². The van der Waals surface area contributed by atoms with E-state index < -0.39 is 23.8 Å². The van der Waals surface area contributed by atoms with Gasteiger partial charge in [-0.15, -0.1) is 0 Å². The van der Waals surface area contributed by atoms with Gasteiger partial charge in [-0.05, 0) is 103 Å². The monoisotopic (exact) mass is 724 g/mol. The SMILES string of the molecule is CCC(=C(c1ccc(O)cc1)c1ccc(OCCCCN2CC3(C2)CN(c2ccc4c(c2)C(=O)N(C2CCC(=O)NC2=O)C4=O)C3)cc1)c1ccccc1. The van der Waals surface area contributed by atoms with Gasteiger partial charge in [-0.3, -0.25) is 29.4 Å². The number of ether oxygens (including phenoxy) is 1. The van der Waals surface area contributed by atoms with E-state index in [1.54, 1.807) is 24.3 Å². The molecule has 2 N–H and O–H groups in total. The maximum absolute atomic E-state index is 13.3. The molecule has 276 valence electrons. The van der Waals surface area contributed by atoms with E-state index in [4.69, 9.17) is 4.74 Å². The summed E-state index contributed by atoms with van der Waals surface area (Å²) in [6, 6.07) is 30.6. The minimum Gasteiger partial charge on any atom is -0.508 e. The Hall–Kier alpha value is -5.74. The number of hydrogen-bond acceptors (Lipinski definition) is 8. The van der Waals surface area contributed by atoms with Crippen LogP contribution in [0.1, 0.15) is 76.4 Å². The number of nitrogens with zero attached hydrogens (tertiary/aromatic N) is 3. The first-order valence-electron chi connectivity index (χ1n) is 18.9. The Morgan fingerprint density at radius 1 is 0.796 bits per heavy atom. The first kappa shape index (κ1) is 35.3. The molecular weight excluding hydrogens is 681 g/mol. The number of anilines is 1. The van der Waals surface area contributed by atoms with Crippen LogP contribution in [0, 0.1) is 5.41 Å². The summed E-state index contributed by atoms with van der Waals surface area (Å²) in [6.45, 7) is 7.72. The summed E-state index contributed by atoms with van der Waals surface area (Å²) >= 11 is 0. The van der Waals surface area contributed by atoms with Gasteiger partial charge in [0.05, 0.1) is 17.7 Å². The predicted octanol–water partition coefficient (Wildman–Crippen LogP) is 6.14. The lowest BCUT2D eigenvalue weighted by molar-refractivity contribution is -0.136. The topological polar surface area (TPSA) is 119 Å². The number of imide groups is 2. The second kappa shape index (κ2) is 14.6. The molecule has 4 aliphatic heterocycles. The fourth-order valence-corrected chi connectivity index (χ4v) is 8.52. The number of piperidine rings is 1. The summed E-state index contributed by atoms with van der Waals surface area (Å²) in [6.07, 6.45) is 3.12. The highest BCUT2D eigenvalue weighted by Gasteiger charge is 2.52. The average Bonchev–Trinajstić information content (AvgIpc) is 3.39. The number of nitrogens with one attached hydrogen (secondary N) is 1. The molecule has 0 saturated carbocycles. The third-order valence-electron chi connectivity index (χ3n) is 11.2. The summed E-state index contributed by atoms with van der Waals surface area (Å²) in [5.74, 6) is -0.842. The van der Waals surface area contributed by atoms with Crippen LogP contribution < -0.4 is 15.0 Å². The van der Waals surface area contributed by atoms with Crippen LogP contribution in [-0.2, 0) is 9.59 Å². The van der Waals surface area contributed by atoms with Crippen LogP contribution in [0.3, 0.4) is 0 Å². The molecule has 10 nitrogen and oxygen atoms in total. The molecule has 1 spiro atoms. The molecular formula is C44H44N4O6. The molecule has 3 saturated heterocycles. The summed E-state index contributed by atoms with van der Waals surface area (Å²) in [7, 11) is 0. The largest absolute Gasteiger partial charge is 0.508 e. The van der Waals surface area contributed by atoms with Crippen molar-refractivity contribution in [3.8, 4) is 11.5 Å². The van der Waals surface area contributed by atoms with Gasteiger partial charge < -0.3 is 19.6 Å². The Labute approximate surface area is 315 Å². The molecule has 0 radical (unpaired) electrons. The maximum Gasteiger partial charge on any atom is 0.262 e. The van der Waals surface area contributed by atoms with Gasteiger partial charge in [0, 0.05) is 43.7 Å². The number of carbonyl (C=O) groups excluding carboxylic acids is 4. The van der Waals surface area contributed by atoms with Gasteiger partial charge in [-0.25, -0.2) is 0 Å². The summed E-state index contributed by atoms with van der Waals surface area (Å²) in [5.41, 5.74) is 7.52. The van der Waals surface area contributed by atoms with E-state index in [1.807, 2.05) is 36.4 Å². The number of phenols is 1. The highest BCUT2D eigenvalue weighted by atomic mass is 16.5. The van der Waals surface area contributed by atoms with Crippen LogP contribution in [0.25, 0.3) is 11.1 Å². The van der Waals surface area contributed by atoms with Crippen molar-refractivity contribution in [3.05, 3.63) is 125 Å². The third kappa shape index (κ3) is 6.78. The number of unbranched alkanes of at least 4 members (excludes halogenated alkanes) is 1. The van der Waals surface area contributed by atoms with Gasteiger partial charge in [-0.1, -0.05) is 61.5 Å². The van der Waals surface area contributed by atoms with E-state index >= 15 is 0 Å². The zero-order valence-corrected chi connectivity index (χ0v) is 30.4. The van der Waals surface area contributed by atoms with Gasteiger partial charge in [-0.2, -0.15) is 0 Å². The van der Waals surface area contributed by atoms with Crippen molar-refractivity contribution in [2.45, 2.75) is 45.1 Å². The first-order valence-corrected chi connectivity index (χ1v) is 18.9. The molecule has 10 heteroatoms. The van der Waals surface area contributed by atoms with Crippen molar-refractivity contribution < 1.29 is 29.0 Å².